The van der Waals surface area contributed by atoms with Crippen LogP contribution in [0.5, 0.6) is 0 Å². The second-order valence-electron chi connectivity index (χ2n) is 6.06. The highest BCUT2D eigenvalue weighted by Crippen LogP contribution is 2.25. The Morgan fingerprint density at radius 1 is 1.16 bits per heavy atom. The Morgan fingerprint density at radius 2 is 1.84 bits per heavy atom. The van der Waals surface area contributed by atoms with E-state index >= 15 is 0 Å². The summed E-state index contributed by atoms with van der Waals surface area (Å²) in [5.74, 6) is 0. The zero-order valence-corrected chi connectivity index (χ0v) is 15.6. The molecule has 0 spiro atoms. The summed E-state index contributed by atoms with van der Waals surface area (Å²) in [4.78, 5) is 13.8. The fourth-order valence-electron chi connectivity index (χ4n) is 2.99. The topological polar surface area (TPSA) is 86.4 Å². The van der Waals surface area contributed by atoms with Gasteiger partial charge < -0.3 is 4.90 Å². The van der Waals surface area contributed by atoms with E-state index in [1.165, 1.54) is 10.5 Å². The fraction of sp³-hybridized carbons (Fsp3) is 0.375. The SMILES string of the molecule is Cc1ccc(S(=O)(=O)N2CCN(c3cn[nH]c(=O)c3Cl)CC2)c(C)c1. The number of aryl methyl sites for hydroxylation is 2. The van der Waals surface area contributed by atoms with Crippen molar-refractivity contribution in [3.63, 3.8) is 0 Å². The molecule has 2 aromatic rings. The van der Waals surface area contributed by atoms with Gasteiger partial charge in [-0.05, 0) is 25.5 Å². The van der Waals surface area contributed by atoms with Gasteiger partial charge in [-0.2, -0.15) is 9.40 Å². The molecule has 3 rings (SSSR count). The predicted molar refractivity (Wildman–Crippen MR) is 96.8 cm³/mol. The van der Waals surface area contributed by atoms with E-state index in [4.69, 9.17) is 11.6 Å². The monoisotopic (exact) mass is 382 g/mol. The molecule has 0 saturated carbocycles. The first-order valence-electron chi connectivity index (χ1n) is 7.86. The highest BCUT2D eigenvalue weighted by molar-refractivity contribution is 7.89. The number of nitrogens with zero attached hydrogens (tertiary/aromatic N) is 3. The van der Waals surface area contributed by atoms with E-state index < -0.39 is 15.6 Å². The molecule has 0 bridgehead atoms. The summed E-state index contributed by atoms with van der Waals surface area (Å²) in [6.07, 6.45) is 1.48. The van der Waals surface area contributed by atoms with Gasteiger partial charge in [0.15, 0.2) is 0 Å². The smallest absolute Gasteiger partial charge is 0.285 e. The summed E-state index contributed by atoms with van der Waals surface area (Å²) in [6.45, 7) is 5.25. The molecule has 1 saturated heterocycles. The number of aromatic amines is 1. The maximum atomic E-state index is 12.9. The number of halogens is 1. The summed E-state index contributed by atoms with van der Waals surface area (Å²) in [7, 11) is -3.54. The number of rotatable bonds is 3. The van der Waals surface area contributed by atoms with E-state index in [9.17, 15) is 13.2 Å². The number of anilines is 1. The lowest BCUT2D eigenvalue weighted by Gasteiger charge is -2.35. The van der Waals surface area contributed by atoms with E-state index in [0.29, 0.717) is 36.8 Å². The summed E-state index contributed by atoms with van der Waals surface area (Å²) in [5, 5.41) is 6.10. The third-order valence-electron chi connectivity index (χ3n) is 4.30. The molecule has 0 atom stereocenters. The lowest BCUT2D eigenvalue weighted by atomic mass is 10.2. The first kappa shape index (κ1) is 17.9. The Morgan fingerprint density at radius 3 is 2.48 bits per heavy atom. The van der Waals surface area contributed by atoms with Crippen LogP contribution in [-0.2, 0) is 10.0 Å². The molecule has 2 heterocycles. The standard InChI is InChI=1S/C16H19ClN4O3S/c1-11-3-4-14(12(2)9-11)25(23,24)21-7-5-20(6-8-21)13-10-18-19-16(22)15(13)17/h3-4,9-10H,5-8H2,1-2H3,(H,19,22). The van der Waals surface area contributed by atoms with Crippen molar-refractivity contribution in [1.29, 1.82) is 0 Å². The van der Waals surface area contributed by atoms with E-state index in [0.717, 1.165) is 11.1 Å². The van der Waals surface area contributed by atoms with Gasteiger partial charge in [0, 0.05) is 26.2 Å². The maximum absolute atomic E-state index is 12.9. The molecule has 1 N–H and O–H groups in total. The average Bonchev–Trinajstić information content (AvgIpc) is 2.57. The molecular weight excluding hydrogens is 364 g/mol. The molecule has 0 radical (unpaired) electrons. The van der Waals surface area contributed by atoms with Gasteiger partial charge in [-0.1, -0.05) is 29.3 Å². The minimum Gasteiger partial charge on any atom is -0.366 e. The molecule has 0 unspecified atom stereocenters. The van der Waals surface area contributed by atoms with Gasteiger partial charge in [0.2, 0.25) is 10.0 Å². The van der Waals surface area contributed by atoms with Crippen LogP contribution in [0.4, 0.5) is 5.69 Å². The molecule has 9 heteroatoms. The Balaban J connectivity index is 1.80. The van der Waals surface area contributed by atoms with Crippen LogP contribution in [0.3, 0.4) is 0 Å². The Kier molecular flexibility index (Phi) is 4.86. The van der Waals surface area contributed by atoms with Crippen LogP contribution in [0.2, 0.25) is 5.02 Å². The van der Waals surface area contributed by atoms with Crippen molar-refractivity contribution in [1.82, 2.24) is 14.5 Å². The average molecular weight is 383 g/mol. The number of aromatic nitrogens is 2. The van der Waals surface area contributed by atoms with Gasteiger partial charge >= 0.3 is 0 Å². The molecule has 1 aromatic carbocycles. The zero-order chi connectivity index (χ0) is 18.2. The number of nitrogens with one attached hydrogen (secondary N) is 1. The third-order valence-corrected chi connectivity index (χ3v) is 6.73. The van der Waals surface area contributed by atoms with Crippen LogP contribution in [0.1, 0.15) is 11.1 Å². The highest BCUT2D eigenvalue weighted by atomic mass is 35.5. The first-order valence-corrected chi connectivity index (χ1v) is 9.68. The normalized spacial score (nSPS) is 16.2. The third kappa shape index (κ3) is 3.42. The van der Waals surface area contributed by atoms with Gasteiger partial charge in [-0.3, -0.25) is 4.79 Å². The first-order chi connectivity index (χ1) is 11.8. The van der Waals surface area contributed by atoms with E-state index in [1.54, 1.807) is 19.1 Å². The lowest BCUT2D eigenvalue weighted by molar-refractivity contribution is 0.384. The summed E-state index contributed by atoms with van der Waals surface area (Å²) >= 11 is 6.03. The molecule has 134 valence electrons. The molecule has 0 aliphatic carbocycles. The molecule has 1 aliphatic rings. The maximum Gasteiger partial charge on any atom is 0.285 e. The summed E-state index contributed by atoms with van der Waals surface area (Å²) in [6, 6.07) is 5.33. The molecule has 7 nitrogen and oxygen atoms in total. The van der Waals surface area contributed by atoms with Crippen LogP contribution < -0.4 is 10.5 Å². The van der Waals surface area contributed by atoms with Crippen LogP contribution in [-0.4, -0.2) is 49.1 Å². The van der Waals surface area contributed by atoms with Crippen LogP contribution in [0.25, 0.3) is 0 Å². The molecule has 1 aliphatic heterocycles. The van der Waals surface area contributed by atoms with Gasteiger partial charge in [-0.15, -0.1) is 0 Å². The van der Waals surface area contributed by atoms with Crippen molar-refractivity contribution in [3.05, 3.63) is 50.9 Å². The van der Waals surface area contributed by atoms with Crippen molar-refractivity contribution < 1.29 is 8.42 Å². The molecule has 0 amide bonds. The molecule has 1 aromatic heterocycles. The Labute approximate surface area is 151 Å². The minimum absolute atomic E-state index is 0.0701. The van der Waals surface area contributed by atoms with Gasteiger partial charge in [-0.25, -0.2) is 13.5 Å². The lowest BCUT2D eigenvalue weighted by Crippen LogP contribution is -2.49. The number of piperazine rings is 1. The van der Waals surface area contributed by atoms with Gasteiger partial charge in [0.05, 0.1) is 16.8 Å². The number of sulfonamides is 1. The van der Waals surface area contributed by atoms with E-state index in [-0.39, 0.29) is 5.02 Å². The molecular formula is C16H19ClN4O3S. The number of benzene rings is 1. The second kappa shape index (κ2) is 6.78. The van der Waals surface area contributed by atoms with Crippen molar-refractivity contribution in [2.24, 2.45) is 0 Å². The summed E-state index contributed by atoms with van der Waals surface area (Å²) < 4.78 is 27.3. The van der Waals surface area contributed by atoms with Crippen LogP contribution in [0, 0.1) is 13.8 Å². The Hall–Kier alpha value is -1.90. The zero-order valence-electron chi connectivity index (χ0n) is 14.0. The van der Waals surface area contributed by atoms with E-state index in [2.05, 4.69) is 10.2 Å². The van der Waals surface area contributed by atoms with Gasteiger partial charge in [0.1, 0.15) is 5.02 Å². The van der Waals surface area contributed by atoms with Crippen molar-refractivity contribution >= 4 is 27.3 Å². The molecule has 1 fully saturated rings. The van der Waals surface area contributed by atoms with Crippen LogP contribution >= 0.6 is 11.6 Å². The Bertz CT molecular complexity index is 950. The quantitative estimate of drug-likeness (QED) is 0.870. The van der Waals surface area contributed by atoms with Crippen molar-refractivity contribution in [3.8, 4) is 0 Å². The second-order valence-corrected chi connectivity index (χ2v) is 8.34. The minimum atomic E-state index is -3.54. The van der Waals surface area contributed by atoms with Crippen molar-refractivity contribution in [2.75, 3.05) is 31.1 Å². The number of H-pyrrole nitrogens is 1. The number of hydrogen-bond donors (Lipinski definition) is 1. The van der Waals surface area contributed by atoms with E-state index in [1.807, 2.05) is 17.9 Å². The van der Waals surface area contributed by atoms with Gasteiger partial charge in [0.25, 0.3) is 5.56 Å². The predicted octanol–water partition coefficient (Wildman–Crippen LogP) is 1.55. The highest BCUT2D eigenvalue weighted by Gasteiger charge is 2.30. The van der Waals surface area contributed by atoms with Crippen molar-refractivity contribution in [2.45, 2.75) is 18.7 Å². The number of hydrogen-bond acceptors (Lipinski definition) is 5. The van der Waals surface area contributed by atoms with Crippen LogP contribution in [0.15, 0.2) is 34.1 Å². The largest absolute Gasteiger partial charge is 0.366 e. The summed E-state index contributed by atoms with van der Waals surface area (Å²) in [5.41, 5.74) is 1.83. The molecule has 25 heavy (non-hydrogen) atoms. The fourth-order valence-corrected chi connectivity index (χ4v) is 4.83.